The Labute approximate surface area is 122 Å². The lowest BCUT2D eigenvalue weighted by molar-refractivity contribution is 0.102. The molecule has 1 amide bonds. The van der Waals surface area contributed by atoms with E-state index >= 15 is 0 Å². The highest BCUT2D eigenvalue weighted by atomic mass is 16.1. The maximum absolute atomic E-state index is 12.2. The molecule has 0 unspecified atom stereocenters. The van der Waals surface area contributed by atoms with E-state index in [4.69, 9.17) is 5.73 Å². The van der Waals surface area contributed by atoms with E-state index in [0.717, 1.165) is 5.69 Å². The largest absolute Gasteiger partial charge is 0.399 e. The number of nitrogens with zero attached hydrogens (tertiary/aromatic N) is 2. The van der Waals surface area contributed by atoms with Gasteiger partial charge in [0.2, 0.25) is 0 Å². The molecule has 2 aromatic carbocycles. The quantitative estimate of drug-likeness (QED) is 0.723. The summed E-state index contributed by atoms with van der Waals surface area (Å²) >= 11 is 0. The Morgan fingerprint density at radius 1 is 1.14 bits per heavy atom. The number of hydrogen-bond donors (Lipinski definition) is 2. The molecule has 5 heteroatoms. The smallest absolute Gasteiger partial charge is 0.255 e. The zero-order valence-corrected chi connectivity index (χ0v) is 11.2. The van der Waals surface area contributed by atoms with E-state index in [1.807, 2.05) is 35.0 Å². The second-order valence-corrected chi connectivity index (χ2v) is 4.60. The van der Waals surface area contributed by atoms with Crippen LogP contribution in [0.15, 0.2) is 67.3 Å². The van der Waals surface area contributed by atoms with Gasteiger partial charge in [-0.2, -0.15) is 0 Å². The molecular weight excluding hydrogens is 264 g/mol. The van der Waals surface area contributed by atoms with Crippen LogP contribution in [-0.4, -0.2) is 15.5 Å². The molecule has 0 bridgehead atoms. The normalized spacial score (nSPS) is 10.3. The summed E-state index contributed by atoms with van der Waals surface area (Å²) < 4.78 is 1.87. The van der Waals surface area contributed by atoms with E-state index in [1.165, 1.54) is 0 Å². The standard InChI is InChI=1S/C16H14N4O/c17-13-4-1-3-12(9-13)16(21)19-14-5-2-6-15(10-14)20-8-7-18-11-20/h1-11H,17H2,(H,19,21). The highest BCUT2D eigenvalue weighted by Crippen LogP contribution is 2.16. The number of hydrogen-bond acceptors (Lipinski definition) is 3. The number of anilines is 2. The zero-order valence-electron chi connectivity index (χ0n) is 11.2. The first kappa shape index (κ1) is 12.9. The summed E-state index contributed by atoms with van der Waals surface area (Å²) in [4.78, 5) is 16.2. The molecule has 5 nitrogen and oxygen atoms in total. The molecule has 3 aromatic rings. The third-order valence-electron chi connectivity index (χ3n) is 3.06. The molecule has 0 saturated heterocycles. The van der Waals surface area contributed by atoms with Crippen molar-refractivity contribution in [3.63, 3.8) is 0 Å². The minimum Gasteiger partial charge on any atom is -0.399 e. The highest BCUT2D eigenvalue weighted by molar-refractivity contribution is 6.04. The van der Waals surface area contributed by atoms with Crippen molar-refractivity contribution in [1.29, 1.82) is 0 Å². The Kier molecular flexibility index (Phi) is 3.39. The monoisotopic (exact) mass is 278 g/mol. The molecule has 3 N–H and O–H groups in total. The molecular formula is C16H14N4O. The first-order valence-electron chi connectivity index (χ1n) is 6.48. The maximum Gasteiger partial charge on any atom is 0.255 e. The molecule has 0 saturated carbocycles. The molecule has 0 radical (unpaired) electrons. The van der Waals surface area contributed by atoms with Crippen LogP contribution in [0.1, 0.15) is 10.4 Å². The number of rotatable bonds is 3. The van der Waals surface area contributed by atoms with Crippen LogP contribution < -0.4 is 11.1 Å². The molecule has 0 fully saturated rings. The SMILES string of the molecule is Nc1cccc(C(=O)Nc2cccc(-n3ccnc3)c2)c1. The van der Waals surface area contributed by atoms with Crippen LogP contribution in [-0.2, 0) is 0 Å². The Morgan fingerprint density at radius 2 is 2.00 bits per heavy atom. The van der Waals surface area contributed by atoms with E-state index in [2.05, 4.69) is 10.3 Å². The summed E-state index contributed by atoms with van der Waals surface area (Å²) in [6, 6.07) is 14.4. The van der Waals surface area contributed by atoms with Crippen LogP contribution in [0.5, 0.6) is 0 Å². The van der Waals surface area contributed by atoms with Crippen molar-refractivity contribution in [1.82, 2.24) is 9.55 Å². The number of carbonyl (C=O) groups is 1. The van der Waals surface area contributed by atoms with Gasteiger partial charge in [0.25, 0.3) is 5.91 Å². The molecule has 0 aliphatic carbocycles. The van der Waals surface area contributed by atoms with Gasteiger partial charge in [0.05, 0.1) is 6.33 Å². The molecule has 0 aliphatic heterocycles. The summed E-state index contributed by atoms with van der Waals surface area (Å²) in [5, 5.41) is 2.86. The fraction of sp³-hybridized carbons (Fsp3) is 0. The highest BCUT2D eigenvalue weighted by Gasteiger charge is 2.06. The van der Waals surface area contributed by atoms with Crippen molar-refractivity contribution < 1.29 is 4.79 Å². The van der Waals surface area contributed by atoms with Crippen LogP contribution in [0.4, 0.5) is 11.4 Å². The van der Waals surface area contributed by atoms with Crippen LogP contribution in [0.3, 0.4) is 0 Å². The van der Waals surface area contributed by atoms with Gasteiger partial charge in [0, 0.05) is 35.0 Å². The molecule has 0 atom stereocenters. The first-order valence-corrected chi connectivity index (χ1v) is 6.48. The molecule has 1 heterocycles. The van der Waals surface area contributed by atoms with E-state index in [1.54, 1.807) is 36.8 Å². The fourth-order valence-electron chi connectivity index (χ4n) is 2.04. The van der Waals surface area contributed by atoms with Gasteiger partial charge in [-0.05, 0) is 36.4 Å². The van der Waals surface area contributed by atoms with Crippen molar-refractivity contribution in [3.05, 3.63) is 72.8 Å². The lowest BCUT2D eigenvalue weighted by Crippen LogP contribution is -2.12. The predicted molar refractivity (Wildman–Crippen MR) is 82.4 cm³/mol. The third kappa shape index (κ3) is 2.92. The Hall–Kier alpha value is -3.08. The third-order valence-corrected chi connectivity index (χ3v) is 3.06. The van der Waals surface area contributed by atoms with Crippen LogP contribution >= 0.6 is 0 Å². The van der Waals surface area contributed by atoms with Gasteiger partial charge in [-0.15, -0.1) is 0 Å². The second kappa shape index (κ2) is 5.50. The van der Waals surface area contributed by atoms with Crippen molar-refractivity contribution in [2.45, 2.75) is 0 Å². The lowest BCUT2D eigenvalue weighted by Gasteiger charge is -2.08. The minimum atomic E-state index is -0.190. The van der Waals surface area contributed by atoms with Crippen molar-refractivity contribution in [2.24, 2.45) is 0 Å². The molecule has 1 aromatic heterocycles. The van der Waals surface area contributed by atoms with Gasteiger partial charge < -0.3 is 15.6 Å². The van der Waals surface area contributed by atoms with E-state index < -0.39 is 0 Å². The number of amides is 1. The van der Waals surface area contributed by atoms with Gasteiger partial charge in [-0.3, -0.25) is 4.79 Å². The first-order chi connectivity index (χ1) is 10.2. The summed E-state index contributed by atoms with van der Waals surface area (Å²) in [5.41, 5.74) is 8.43. The number of nitrogens with two attached hydrogens (primary N) is 1. The van der Waals surface area contributed by atoms with Crippen molar-refractivity contribution in [2.75, 3.05) is 11.1 Å². The predicted octanol–water partition coefficient (Wildman–Crippen LogP) is 2.71. The average molecular weight is 278 g/mol. The average Bonchev–Trinajstić information content (AvgIpc) is 3.02. The topological polar surface area (TPSA) is 72.9 Å². The van der Waals surface area contributed by atoms with Crippen LogP contribution in [0.25, 0.3) is 5.69 Å². The van der Waals surface area contributed by atoms with E-state index in [0.29, 0.717) is 16.9 Å². The maximum atomic E-state index is 12.2. The molecule has 0 spiro atoms. The van der Waals surface area contributed by atoms with E-state index in [9.17, 15) is 4.79 Å². The van der Waals surface area contributed by atoms with Gasteiger partial charge in [-0.1, -0.05) is 12.1 Å². The number of aromatic nitrogens is 2. The molecule has 0 aliphatic rings. The minimum absolute atomic E-state index is 0.190. The molecule has 3 rings (SSSR count). The van der Waals surface area contributed by atoms with E-state index in [-0.39, 0.29) is 5.91 Å². The van der Waals surface area contributed by atoms with Crippen molar-refractivity contribution >= 4 is 17.3 Å². The second-order valence-electron chi connectivity index (χ2n) is 4.60. The van der Waals surface area contributed by atoms with Gasteiger partial charge >= 0.3 is 0 Å². The molecule has 21 heavy (non-hydrogen) atoms. The van der Waals surface area contributed by atoms with Gasteiger partial charge in [0.15, 0.2) is 0 Å². The summed E-state index contributed by atoms with van der Waals surface area (Å²) in [6.45, 7) is 0. The number of nitrogens with one attached hydrogen (secondary N) is 1. The number of benzene rings is 2. The summed E-state index contributed by atoms with van der Waals surface area (Å²) in [6.07, 6.45) is 5.26. The summed E-state index contributed by atoms with van der Waals surface area (Å²) in [7, 11) is 0. The fourth-order valence-corrected chi connectivity index (χ4v) is 2.04. The van der Waals surface area contributed by atoms with Gasteiger partial charge in [0.1, 0.15) is 0 Å². The van der Waals surface area contributed by atoms with Crippen LogP contribution in [0, 0.1) is 0 Å². The number of nitrogen functional groups attached to an aromatic ring is 1. The Balaban J connectivity index is 1.82. The summed E-state index contributed by atoms with van der Waals surface area (Å²) in [5.74, 6) is -0.190. The molecule has 104 valence electrons. The van der Waals surface area contributed by atoms with Crippen molar-refractivity contribution in [3.8, 4) is 5.69 Å². The number of imidazole rings is 1. The van der Waals surface area contributed by atoms with Gasteiger partial charge in [-0.25, -0.2) is 4.98 Å². The Bertz CT molecular complexity index is 765. The lowest BCUT2D eigenvalue weighted by atomic mass is 10.2. The Morgan fingerprint density at radius 3 is 2.76 bits per heavy atom. The van der Waals surface area contributed by atoms with Crippen LogP contribution in [0.2, 0.25) is 0 Å². The zero-order chi connectivity index (χ0) is 14.7. The number of carbonyl (C=O) groups excluding carboxylic acids is 1.